The van der Waals surface area contributed by atoms with Crippen LogP contribution in [-0.2, 0) is 6.42 Å². The molecule has 17 heavy (non-hydrogen) atoms. The van der Waals surface area contributed by atoms with E-state index in [4.69, 9.17) is 0 Å². The summed E-state index contributed by atoms with van der Waals surface area (Å²) in [7, 11) is 0. The SMILES string of the molecule is CCCCc1ccc(Sc2ccccc2)cc1. The van der Waals surface area contributed by atoms with Crippen molar-refractivity contribution in [1.82, 2.24) is 0 Å². The van der Waals surface area contributed by atoms with E-state index in [2.05, 4.69) is 61.5 Å². The zero-order chi connectivity index (χ0) is 11.9. The van der Waals surface area contributed by atoms with Crippen molar-refractivity contribution in [3.05, 3.63) is 60.2 Å². The molecular weight excluding hydrogens is 224 g/mol. The van der Waals surface area contributed by atoms with E-state index in [9.17, 15) is 0 Å². The van der Waals surface area contributed by atoms with Crippen molar-refractivity contribution >= 4 is 11.8 Å². The molecule has 2 aromatic rings. The highest BCUT2D eigenvalue weighted by Crippen LogP contribution is 2.27. The van der Waals surface area contributed by atoms with Gasteiger partial charge in [-0.3, -0.25) is 0 Å². The molecule has 0 saturated heterocycles. The second-order valence-corrected chi connectivity index (χ2v) is 5.31. The topological polar surface area (TPSA) is 0 Å². The van der Waals surface area contributed by atoms with Gasteiger partial charge in [0, 0.05) is 9.79 Å². The molecule has 0 heterocycles. The van der Waals surface area contributed by atoms with Gasteiger partial charge in [0.05, 0.1) is 0 Å². The Hall–Kier alpha value is -1.21. The van der Waals surface area contributed by atoms with Crippen LogP contribution in [0, 0.1) is 0 Å². The maximum Gasteiger partial charge on any atom is 0.0122 e. The molecule has 0 spiro atoms. The van der Waals surface area contributed by atoms with Crippen LogP contribution in [0.5, 0.6) is 0 Å². The van der Waals surface area contributed by atoms with Gasteiger partial charge in [0.25, 0.3) is 0 Å². The van der Waals surface area contributed by atoms with Crippen molar-refractivity contribution < 1.29 is 0 Å². The van der Waals surface area contributed by atoms with E-state index in [-0.39, 0.29) is 0 Å². The summed E-state index contributed by atoms with van der Waals surface area (Å²) in [5.41, 5.74) is 1.45. The molecular formula is C16H18S. The molecule has 0 amide bonds. The minimum absolute atomic E-state index is 1.20. The van der Waals surface area contributed by atoms with Crippen LogP contribution in [0.1, 0.15) is 25.3 Å². The van der Waals surface area contributed by atoms with Gasteiger partial charge < -0.3 is 0 Å². The summed E-state index contributed by atoms with van der Waals surface area (Å²) in [6.07, 6.45) is 3.75. The Labute approximate surface area is 108 Å². The highest BCUT2D eigenvalue weighted by atomic mass is 32.2. The van der Waals surface area contributed by atoms with E-state index < -0.39 is 0 Å². The number of rotatable bonds is 5. The predicted molar refractivity (Wildman–Crippen MR) is 75.6 cm³/mol. The summed E-state index contributed by atoms with van der Waals surface area (Å²) in [6.45, 7) is 2.24. The fourth-order valence-electron chi connectivity index (χ4n) is 1.73. The normalized spacial score (nSPS) is 10.4. The quantitative estimate of drug-likeness (QED) is 0.696. The average Bonchev–Trinajstić information content (AvgIpc) is 2.39. The Kier molecular flexibility index (Phi) is 4.69. The number of aryl methyl sites for hydroxylation is 1. The van der Waals surface area contributed by atoms with Crippen LogP contribution < -0.4 is 0 Å². The van der Waals surface area contributed by atoms with E-state index >= 15 is 0 Å². The molecule has 0 radical (unpaired) electrons. The number of unbranched alkanes of at least 4 members (excludes halogenated alkanes) is 1. The van der Waals surface area contributed by atoms with Crippen LogP contribution >= 0.6 is 11.8 Å². The lowest BCUT2D eigenvalue weighted by atomic mass is 10.1. The Balaban J connectivity index is 1.98. The largest absolute Gasteiger partial charge is 0.0901 e. The molecule has 0 atom stereocenters. The van der Waals surface area contributed by atoms with Crippen LogP contribution in [0.15, 0.2) is 64.4 Å². The molecule has 0 aliphatic rings. The van der Waals surface area contributed by atoms with Gasteiger partial charge in [-0.25, -0.2) is 0 Å². The summed E-state index contributed by atoms with van der Waals surface area (Å²) in [6, 6.07) is 19.5. The van der Waals surface area contributed by atoms with Crippen LogP contribution in [0.3, 0.4) is 0 Å². The maximum absolute atomic E-state index is 2.25. The van der Waals surface area contributed by atoms with E-state index in [1.165, 1.54) is 34.6 Å². The molecule has 88 valence electrons. The Morgan fingerprint density at radius 1 is 0.824 bits per heavy atom. The number of hydrogen-bond donors (Lipinski definition) is 0. The van der Waals surface area contributed by atoms with Crippen LogP contribution in [0.25, 0.3) is 0 Å². The van der Waals surface area contributed by atoms with Crippen molar-refractivity contribution in [2.24, 2.45) is 0 Å². The smallest absolute Gasteiger partial charge is 0.0122 e. The molecule has 2 rings (SSSR count). The van der Waals surface area contributed by atoms with Gasteiger partial charge in [0.1, 0.15) is 0 Å². The first kappa shape index (κ1) is 12.3. The first-order valence-electron chi connectivity index (χ1n) is 6.20. The number of hydrogen-bond acceptors (Lipinski definition) is 1. The van der Waals surface area contributed by atoms with Gasteiger partial charge in [-0.2, -0.15) is 0 Å². The van der Waals surface area contributed by atoms with Gasteiger partial charge in [0.15, 0.2) is 0 Å². The Morgan fingerprint density at radius 2 is 1.47 bits per heavy atom. The highest BCUT2D eigenvalue weighted by Gasteiger charge is 1.97. The lowest BCUT2D eigenvalue weighted by Crippen LogP contribution is -1.83. The molecule has 0 saturated carbocycles. The van der Waals surface area contributed by atoms with E-state index in [0.29, 0.717) is 0 Å². The monoisotopic (exact) mass is 242 g/mol. The minimum atomic E-state index is 1.20. The van der Waals surface area contributed by atoms with E-state index in [1.54, 1.807) is 0 Å². The molecule has 0 aromatic heterocycles. The number of benzene rings is 2. The fraction of sp³-hybridized carbons (Fsp3) is 0.250. The highest BCUT2D eigenvalue weighted by molar-refractivity contribution is 7.99. The fourth-order valence-corrected chi connectivity index (χ4v) is 2.57. The third-order valence-electron chi connectivity index (χ3n) is 2.72. The summed E-state index contributed by atoms with van der Waals surface area (Å²) < 4.78 is 0. The van der Waals surface area contributed by atoms with Crippen molar-refractivity contribution in [2.45, 2.75) is 36.0 Å². The minimum Gasteiger partial charge on any atom is -0.0901 e. The lowest BCUT2D eigenvalue weighted by Gasteiger charge is -2.03. The van der Waals surface area contributed by atoms with E-state index in [0.717, 1.165) is 0 Å². The second kappa shape index (κ2) is 6.51. The zero-order valence-corrected chi connectivity index (χ0v) is 11.0. The maximum atomic E-state index is 2.25. The standard InChI is InChI=1S/C16H18S/c1-2-3-7-14-10-12-16(13-11-14)17-15-8-5-4-6-9-15/h4-6,8-13H,2-3,7H2,1H3. The van der Waals surface area contributed by atoms with Crippen molar-refractivity contribution in [3.8, 4) is 0 Å². The van der Waals surface area contributed by atoms with E-state index in [1.807, 2.05) is 11.8 Å². The van der Waals surface area contributed by atoms with Crippen LogP contribution in [-0.4, -0.2) is 0 Å². The van der Waals surface area contributed by atoms with Crippen molar-refractivity contribution in [2.75, 3.05) is 0 Å². The van der Waals surface area contributed by atoms with Crippen LogP contribution in [0.4, 0.5) is 0 Å². The third-order valence-corrected chi connectivity index (χ3v) is 3.74. The Bertz CT molecular complexity index is 431. The zero-order valence-electron chi connectivity index (χ0n) is 10.2. The summed E-state index contributed by atoms with van der Waals surface area (Å²) in [5, 5.41) is 0. The molecule has 0 fully saturated rings. The van der Waals surface area contributed by atoms with Crippen molar-refractivity contribution in [1.29, 1.82) is 0 Å². The lowest BCUT2D eigenvalue weighted by molar-refractivity contribution is 0.794. The molecule has 0 N–H and O–H groups in total. The molecule has 0 unspecified atom stereocenters. The summed E-state index contributed by atoms with van der Waals surface area (Å²) in [5.74, 6) is 0. The third kappa shape index (κ3) is 3.94. The van der Waals surface area contributed by atoms with Gasteiger partial charge in [-0.1, -0.05) is 55.4 Å². The summed E-state index contributed by atoms with van der Waals surface area (Å²) in [4.78, 5) is 2.62. The molecule has 1 heteroatoms. The van der Waals surface area contributed by atoms with Crippen molar-refractivity contribution in [3.63, 3.8) is 0 Å². The molecule has 0 nitrogen and oxygen atoms in total. The van der Waals surface area contributed by atoms with Gasteiger partial charge in [0.2, 0.25) is 0 Å². The molecule has 0 aliphatic carbocycles. The molecule has 2 aromatic carbocycles. The molecule has 0 aliphatic heterocycles. The summed E-state index contributed by atoms with van der Waals surface area (Å²) >= 11 is 1.82. The Morgan fingerprint density at radius 3 is 2.12 bits per heavy atom. The first-order chi connectivity index (χ1) is 8.38. The van der Waals surface area contributed by atoms with Gasteiger partial charge >= 0.3 is 0 Å². The second-order valence-electron chi connectivity index (χ2n) is 4.16. The van der Waals surface area contributed by atoms with Gasteiger partial charge in [-0.05, 0) is 42.7 Å². The first-order valence-corrected chi connectivity index (χ1v) is 7.02. The van der Waals surface area contributed by atoms with Crippen LogP contribution in [0.2, 0.25) is 0 Å². The van der Waals surface area contributed by atoms with Gasteiger partial charge in [-0.15, -0.1) is 0 Å². The predicted octanol–water partition coefficient (Wildman–Crippen LogP) is 5.18. The average molecular weight is 242 g/mol. The molecule has 0 bridgehead atoms.